The number of pyridine rings is 1. The highest BCUT2D eigenvalue weighted by molar-refractivity contribution is 5.85. The molecule has 0 atom stereocenters. The number of nitrogens with zero attached hydrogens (tertiary/aromatic N) is 1. The summed E-state index contributed by atoms with van der Waals surface area (Å²) in [5, 5.41) is 0. The van der Waals surface area contributed by atoms with Crippen molar-refractivity contribution in [3.8, 4) is 5.75 Å². The molecule has 4 bridgehead atoms. The van der Waals surface area contributed by atoms with Gasteiger partial charge in [0.05, 0.1) is 11.6 Å². The minimum Gasteiger partial charge on any atom is -0.424 e. The van der Waals surface area contributed by atoms with Crippen LogP contribution in [0.4, 0.5) is 0 Å². The Morgan fingerprint density at radius 2 is 1.68 bits per heavy atom. The Kier molecular flexibility index (Phi) is 4.83. The van der Waals surface area contributed by atoms with E-state index < -0.39 is 0 Å². The molecule has 0 amide bonds. The number of aryl methyl sites for hydroxylation is 1. The zero-order valence-electron chi connectivity index (χ0n) is 12.9. The first kappa shape index (κ1) is 17.2. The van der Waals surface area contributed by atoms with Crippen LogP contribution in [0.3, 0.4) is 0 Å². The molecule has 1 heterocycles. The number of carbonyl (C=O) groups excluding carboxylic acids is 1. The van der Waals surface area contributed by atoms with Crippen LogP contribution in [0, 0.1) is 30.1 Å². The van der Waals surface area contributed by atoms with Crippen LogP contribution in [-0.2, 0) is 4.79 Å². The fourth-order valence-electron chi connectivity index (χ4n) is 5.09. The molecule has 5 heteroatoms. The lowest BCUT2D eigenvalue weighted by atomic mass is 9.49. The van der Waals surface area contributed by atoms with Crippen LogP contribution in [0.25, 0.3) is 0 Å². The van der Waals surface area contributed by atoms with Gasteiger partial charge in [-0.05, 0) is 75.3 Å². The highest BCUT2D eigenvalue weighted by Gasteiger charge is 2.55. The minimum atomic E-state index is -0.181. The van der Waals surface area contributed by atoms with Crippen LogP contribution in [0.1, 0.15) is 44.2 Å². The van der Waals surface area contributed by atoms with Gasteiger partial charge in [0, 0.05) is 5.69 Å². The Morgan fingerprint density at radius 3 is 2.14 bits per heavy atom. The first-order valence-corrected chi connectivity index (χ1v) is 7.78. The fourth-order valence-corrected chi connectivity index (χ4v) is 5.09. The lowest BCUT2D eigenvalue weighted by Crippen LogP contribution is -2.51. The van der Waals surface area contributed by atoms with E-state index in [1.54, 1.807) is 6.20 Å². The van der Waals surface area contributed by atoms with E-state index in [-0.39, 0.29) is 29.3 Å². The highest BCUT2D eigenvalue weighted by atomic mass is 35.5. The summed E-state index contributed by atoms with van der Waals surface area (Å²) >= 11 is 0. The van der Waals surface area contributed by atoms with Crippen LogP contribution in [-0.4, -0.2) is 16.4 Å². The Balaban J connectivity index is 0.000000882. The van der Waals surface area contributed by atoms with Crippen molar-refractivity contribution in [2.24, 2.45) is 23.2 Å². The van der Waals surface area contributed by atoms with E-state index >= 15 is 0 Å². The second-order valence-electron chi connectivity index (χ2n) is 7.22. The number of hydrogen-bond donors (Lipinski definition) is 0. The number of carbonyl (C=O) groups is 1. The smallest absolute Gasteiger partial charge is 0.317 e. The van der Waals surface area contributed by atoms with E-state index in [1.807, 2.05) is 19.1 Å². The van der Waals surface area contributed by atoms with Gasteiger partial charge in [-0.15, -0.1) is 12.4 Å². The van der Waals surface area contributed by atoms with Crippen molar-refractivity contribution in [3.63, 3.8) is 0 Å². The highest BCUT2D eigenvalue weighted by Crippen LogP contribution is 2.60. The maximum Gasteiger partial charge on any atom is 0.317 e. The third-order valence-corrected chi connectivity index (χ3v) is 5.57. The van der Waals surface area contributed by atoms with Crippen LogP contribution in [0.5, 0.6) is 5.75 Å². The van der Waals surface area contributed by atoms with Crippen LogP contribution in [0.2, 0.25) is 0 Å². The topological polar surface area (TPSA) is 70.7 Å². The second kappa shape index (κ2) is 6.17. The maximum atomic E-state index is 12.7. The lowest BCUT2D eigenvalue weighted by Gasteiger charge is -2.55. The molecule has 0 aromatic carbocycles. The standard InChI is InChI=1S/C17H21NO2.ClH.H2O/c1-11-2-3-15(10-18-11)20-16(19)17-7-12-4-13(8-17)6-14(5-12)9-17;;/h2-3,10,12-14H,4-9H2,1H3;1H;1H2. The summed E-state index contributed by atoms with van der Waals surface area (Å²) < 4.78 is 5.65. The van der Waals surface area contributed by atoms with E-state index in [0.29, 0.717) is 5.75 Å². The molecule has 4 fully saturated rings. The zero-order valence-corrected chi connectivity index (χ0v) is 13.7. The first-order valence-electron chi connectivity index (χ1n) is 7.78. The first-order chi connectivity index (χ1) is 9.63. The second-order valence-corrected chi connectivity index (χ2v) is 7.22. The monoisotopic (exact) mass is 325 g/mol. The molecule has 4 aliphatic carbocycles. The molecule has 122 valence electrons. The van der Waals surface area contributed by atoms with Crippen LogP contribution < -0.4 is 4.74 Å². The van der Waals surface area contributed by atoms with Gasteiger partial charge in [0.25, 0.3) is 0 Å². The van der Waals surface area contributed by atoms with Crippen molar-refractivity contribution in [3.05, 3.63) is 24.0 Å². The number of ether oxygens (including phenoxy) is 1. The molecule has 0 spiro atoms. The third kappa shape index (κ3) is 2.86. The molecule has 0 radical (unpaired) electrons. The van der Waals surface area contributed by atoms with Gasteiger partial charge in [0.15, 0.2) is 0 Å². The van der Waals surface area contributed by atoms with Gasteiger partial charge in [-0.25, -0.2) is 0 Å². The molecule has 4 nitrogen and oxygen atoms in total. The van der Waals surface area contributed by atoms with Gasteiger partial charge in [-0.2, -0.15) is 0 Å². The average molecular weight is 326 g/mol. The summed E-state index contributed by atoms with van der Waals surface area (Å²) in [4.78, 5) is 16.9. The largest absolute Gasteiger partial charge is 0.424 e. The Hall–Kier alpha value is -1.13. The van der Waals surface area contributed by atoms with Gasteiger partial charge < -0.3 is 10.2 Å². The fraction of sp³-hybridized carbons (Fsp3) is 0.647. The molecule has 1 aromatic rings. The van der Waals surface area contributed by atoms with Crippen molar-refractivity contribution >= 4 is 18.4 Å². The minimum absolute atomic E-state index is 0. The lowest BCUT2D eigenvalue weighted by molar-refractivity contribution is -0.161. The molecule has 0 saturated heterocycles. The Bertz CT molecular complexity index is 508. The summed E-state index contributed by atoms with van der Waals surface area (Å²) in [5.74, 6) is 2.90. The molecule has 2 N–H and O–H groups in total. The molecular formula is C17H24ClNO3. The number of rotatable bonds is 2. The van der Waals surface area contributed by atoms with Gasteiger partial charge in [-0.3, -0.25) is 9.78 Å². The van der Waals surface area contributed by atoms with Crippen molar-refractivity contribution in [1.29, 1.82) is 0 Å². The van der Waals surface area contributed by atoms with Crippen molar-refractivity contribution < 1.29 is 15.0 Å². The summed E-state index contributed by atoms with van der Waals surface area (Å²) in [6.07, 6.45) is 8.86. The Labute approximate surface area is 137 Å². The molecule has 1 aromatic heterocycles. The molecule has 0 unspecified atom stereocenters. The third-order valence-electron chi connectivity index (χ3n) is 5.57. The van der Waals surface area contributed by atoms with Crippen molar-refractivity contribution in [2.45, 2.75) is 45.4 Å². The van der Waals surface area contributed by atoms with E-state index in [0.717, 1.165) is 42.7 Å². The maximum absolute atomic E-state index is 12.7. The Morgan fingerprint density at radius 1 is 1.14 bits per heavy atom. The summed E-state index contributed by atoms with van der Waals surface area (Å²) in [5.41, 5.74) is 0.763. The molecule has 0 aliphatic heterocycles. The van der Waals surface area contributed by atoms with Gasteiger partial charge in [0.1, 0.15) is 5.75 Å². The zero-order chi connectivity index (χ0) is 13.7. The van der Waals surface area contributed by atoms with E-state index in [1.165, 1.54) is 19.3 Å². The van der Waals surface area contributed by atoms with Gasteiger partial charge >= 0.3 is 5.97 Å². The summed E-state index contributed by atoms with van der Waals surface area (Å²) in [6.45, 7) is 1.94. The average Bonchev–Trinajstić information content (AvgIpc) is 2.40. The van der Waals surface area contributed by atoms with E-state index in [4.69, 9.17) is 4.74 Å². The van der Waals surface area contributed by atoms with Crippen molar-refractivity contribution in [2.75, 3.05) is 0 Å². The number of halogens is 1. The molecule has 4 saturated carbocycles. The number of esters is 1. The summed E-state index contributed by atoms with van der Waals surface area (Å²) in [7, 11) is 0. The van der Waals surface area contributed by atoms with Crippen LogP contribution >= 0.6 is 12.4 Å². The predicted octanol–water partition coefficient (Wildman–Crippen LogP) is 3.11. The summed E-state index contributed by atoms with van der Waals surface area (Å²) in [6, 6.07) is 3.74. The molecular weight excluding hydrogens is 302 g/mol. The predicted molar refractivity (Wildman–Crippen MR) is 86.1 cm³/mol. The molecule has 22 heavy (non-hydrogen) atoms. The van der Waals surface area contributed by atoms with Gasteiger partial charge in [-0.1, -0.05) is 0 Å². The van der Waals surface area contributed by atoms with Crippen molar-refractivity contribution in [1.82, 2.24) is 4.98 Å². The van der Waals surface area contributed by atoms with E-state index in [2.05, 4.69) is 4.98 Å². The number of aromatic nitrogens is 1. The van der Waals surface area contributed by atoms with E-state index in [9.17, 15) is 4.79 Å². The quantitative estimate of drug-likeness (QED) is 0.784. The normalized spacial score (nSPS) is 34.5. The molecule has 4 aliphatic rings. The number of hydrogen-bond acceptors (Lipinski definition) is 3. The van der Waals surface area contributed by atoms with Gasteiger partial charge in [0.2, 0.25) is 0 Å². The molecule has 5 rings (SSSR count). The SMILES string of the molecule is Cc1ccc(OC(=O)C23CC4CC(CC(C4)C2)C3)cn1.Cl.O. The van der Waals surface area contributed by atoms with Crippen LogP contribution in [0.15, 0.2) is 18.3 Å².